The van der Waals surface area contributed by atoms with Crippen LogP contribution in [0.4, 0.5) is 0 Å². The van der Waals surface area contributed by atoms with Gasteiger partial charge in [0.2, 0.25) is 17.6 Å². The van der Waals surface area contributed by atoms with Crippen LogP contribution in [0, 0.1) is 0 Å². The van der Waals surface area contributed by atoms with Crippen LogP contribution in [0.5, 0.6) is 5.75 Å². The van der Waals surface area contributed by atoms with Gasteiger partial charge < -0.3 is 14.6 Å². The van der Waals surface area contributed by atoms with E-state index >= 15 is 0 Å². The first-order valence-electron chi connectivity index (χ1n) is 8.56. The molecule has 0 spiro atoms. The summed E-state index contributed by atoms with van der Waals surface area (Å²) in [5.41, 5.74) is 2.02. The predicted octanol–water partition coefficient (Wildman–Crippen LogP) is 3.68. The number of carbonyl (C=O) groups is 1. The van der Waals surface area contributed by atoms with E-state index < -0.39 is 0 Å². The maximum absolute atomic E-state index is 12.2. The van der Waals surface area contributed by atoms with E-state index in [2.05, 4.69) is 27.6 Å². The zero-order chi connectivity index (χ0) is 19.1. The van der Waals surface area contributed by atoms with Crippen molar-refractivity contribution < 1.29 is 14.1 Å². The first kappa shape index (κ1) is 19.0. The summed E-state index contributed by atoms with van der Waals surface area (Å²) in [7, 11) is 1.61. The van der Waals surface area contributed by atoms with E-state index in [-0.39, 0.29) is 17.7 Å². The van der Waals surface area contributed by atoms with Gasteiger partial charge in [-0.3, -0.25) is 4.79 Å². The van der Waals surface area contributed by atoms with Crippen molar-refractivity contribution in [3.8, 4) is 17.1 Å². The molecule has 140 valence electrons. The SMILES string of the molecule is COc1ccc(-c2noc(CNC(=O)[C@@H](C)SCc3ccccc3)n2)cc1. The summed E-state index contributed by atoms with van der Waals surface area (Å²) in [5.74, 6) is 2.34. The summed E-state index contributed by atoms with van der Waals surface area (Å²) >= 11 is 1.59. The van der Waals surface area contributed by atoms with Crippen LogP contribution in [0.15, 0.2) is 59.1 Å². The molecule has 1 atom stereocenters. The average Bonchev–Trinajstić information content (AvgIpc) is 3.20. The van der Waals surface area contributed by atoms with Gasteiger partial charge in [-0.05, 0) is 36.8 Å². The standard InChI is InChI=1S/C20H21N3O3S/c1-14(27-13-15-6-4-3-5-7-15)20(24)21-12-18-22-19(23-26-18)16-8-10-17(25-2)11-9-16/h3-11,14H,12-13H2,1-2H3,(H,21,24)/t14-/m1/s1. The Hall–Kier alpha value is -2.80. The summed E-state index contributed by atoms with van der Waals surface area (Å²) in [6.45, 7) is 2.10. The molecule has 1 aromatic heterocycles. The summed E-state index contributed by atoms with van der Waals surface area (Å²) in [4.78, 5) is 16.6. The highest BCUT2D eigenvalue weighted by Gasteiger charge is 2.15. The van der Waals surface area contributed by atoms with Gasteiger partial charge in [-0.25, -0.2) is 0 Å². The Morgan fingerprint density at radius 1 is 1.19 bits per heavy atom. The number of thioether (sulfide) groups is 1. The number of ether oxygens (including phenoxy) is 1. The van der Waals surface area contributed by atoms with E-state index in [0.717, 1.165) is 17.1 Å². The van der Waals surface area contributed by atoms with Crippen molar-refractivity contribution in [3.05, 3.63) is 66.1 Å². The molecule has 2 aromatic carbocycles. The molecule has 0 saturated carbocycles. The molecule has 1 heterocycles. The highest BCUT2D eigenvalue weighted by molar-refractivity contribution is 7.99. The third-order valence-corrected chi connectivity index (χ3v) is 5.16. The van der Waals surface area contributed by atoms with E-state index in [1.54, 1.807) is 18.9 Å². The van der Waals surface area contributed by atoms with E-state index in [9.17, 15) is 4.79 Å². The number of benzene rings is 2. The quantitative estimate of drug-likeness (QED) is 0.639. The molecular weight excluding hydrogens is 362 g/mol. The fourth-order valence-electron chi connectivity index (χ4n) is 2.36. The highest BCUT2D eigenvalue weighted by atomic mass is 32.2. The first-order valence-corrected chi connectivity index (χ1v) is 9.61. The summed E-state index contributed by atoms with van der Waals surface area (Å²) in [6.07, 6.45) is 0. The molecule has 0 fully saturated rings. The van der Waals surface area contributed by atoms with E-state index in [4.69, 9.17) is 9.26 Å². The molecule has 0 unspecified atom stereocenters. The fourth-order valence-corrected chi connectivity index (χ4v) is 3.23. The van der Waals surface area contributed by atoms with Crippen LogP contribution in [0.25, 0.3) is 11.4 Å². The molecule has 1 N–H and O–H groups in total. The Morgan fingerprint density at radius 3 is 2.63 bits per heavy atom. The lowest BCUT2D eigenvalue weighted by Crippen LogP contribution is -2.30. The summed E-state index contributed by atoms with van der Waals surface area (Å²) in [6, 6.07) is 17.5. The zero-order valence-electron chi connectivity index (χ0n) is 15.2. The topological polar surface area (TPSA) is 77.3 Å². The molecule has 7 heteroatoms. The Bertz CT molecular complexity index is 866. The molecular formula is C20H21N3O3S. The molecule has 27 heavy (non-hydrogen) atoms. The molecule has 0 aliphatic heterocycles. The van der Waals surface area contributed by atoms with Crippen molar-refractivity contribution in [2.75, 3.05) is 7.11 Å². The van der Waals surface area contributed by atoms with Crippen molar-refractivity contribution in [1.82, 2.24) is 15.5 Å². The molecule has 6 nitrogen and oxygen atoms in total. The van der Waals surface area contributed by atoms with Gasteiger partial charge in [0.05, 0.1) is 18.9 Å². The van der Waals surface area contributed by atoms with Crippen LogP contribution in [-0.2, 0) is 17.1 Å². The van der Waals surface area contributed by atoms with Crippen molar-refractivity contribution in [1.29, 1.82) is 0 Å². The fraction of sp³-hybridized carbons (Fsp3) is 0.250. The molecule has 1 amide bonds. The van der Waals surface area contributed by atoms with Crippen LogP contribution in [-0.4, -0.2) is 28.4 Å². The number of amides is 1. The molecule has 3 rings (SSSR count). The molecule has 3 aromatic rings. The zero-order valence-corrected chi connectivity index (χ0v) is 16.0. The largest absolute Gasteiger partial charge is 0.497 e. The summed E-state index contributed by atoms with van der Waals surface area (Å²) < 4.78 is 10.4. The monoisotopic (exact) mass is 383 g/mol. The Balaban J connectivity index is 1.49. The number of methoxy groups -OCH3 is 1. The van der Waals surface area contributed by atoms with Gasteiger partial charge in [-0.15, -0.1) is 11.8 Å². The Labute approximate surface area is 162 Å². The second-order valence-electron chi connectivity index (χ2n) is 5.90. The third kappa shape index (κ3) is 5.34. The van der Waals surface area contributed by atoms with Crippen LogP contribution in [0.1, 0.15) is 18.4 Å². The van der Waals surface area contributed by atoms with E-state index in [1.807, 2.05) is 49.4 Å². The van der Waals surface area contributed by atoms with E-state index in [1.165, 1.54) is 5.56 Å². The molecule has 0 bridgehead atoms. The number of nitrogens with one attached hydrogen (secondary N) is 1. The van der Waals surface area contributed by atoms with Crippen molar-refractivity contribution in [2.24, 2.45) is 0 Å². The van der Waals surface area contributed by atoms with Crippen LogP contribution in [0.2, 0.25) is 0 Å². The van der Waals surface area contributed by atoms with Crippen LogP contribution >= 0.6 is 11.8 Å². The highest BCUT2D eigenvalue weighted by Crippen LogP contribution is 2.20. The lowest BCUT2D eigenvalue weighted by atomic mass is 10.2. The van der Waals surface area contributed by atoms with Gasteiger partial charge in [-0.2, -0.15) is 4.98 Å². The molecule has 0 aliphatic rings. The lowest BCUT2D eigenvalue weighted by molar-refractivity contribution is -0.120. The number of rotatable bonds is 8. The number of hydrogen-bond donors (Lipinski definition) is 1. The normalized spacial score (nSPS) is 11.8. The van der Waals surface area contributed by atoms with E-state index in [0.29, 0.717) is 11.7 Å². The second-order valence-corrected chi connectivity index (χ2v) is 7.23. The smallest absolute Gasteiger partial charge is 0.246 e. The second kappa shape index (κ2) is 9.23. The van der Waals surface area contributed by atoms with Gasteiger partial charge in [0, 0.05) is 11.3 Å². The minimum atomic E-state index is -0.172. The maximum atomic E-state index is 12.2. The molecule has 0 saturated heterocycles. The van der Waals surface area contributed by atoms with Gasteiger partial charge >= 0.3 is 0 Å². The average molecular weight is 383 g/mol. The van der Waals surface area contributed by atoms with Crippen molar-refractivity contribution in [3.63, 3.8) is 0 Å². The third-order valence-electron chi connectivity index (χ3n) is 3.94. The van der Waals surface area contributed by atoms with Gasteiger partial charge in [0.25, 0.3) is 0 Å². The number of carbonyl (C=O) groups excluding carboxylic acids is 1. The number of nitrogens with zero attached hydrogens (tertiary/aromatic N) is 2. The van der Waals surface area contributed by atoms with Gasteiger partial charge in [0.15, 0.2) is 0 Å². The predicted molar refractivity (Wildman–Crippen MR) is 105 cm³/mol. The van der Waals surface area contributed by atoms with Crippen LogP contribution < -0.4 is 10.1 Å². The first-order chi connectivity index (χ1) is 13.2. The number of aromatic nitrogens is 2. The Morgan fingerprint density at radius 2 is 1.93 bits per heavy atom. The number of hydrogen-bond acceptors (Lipinski definition) is 6. The van der Waals surface area contributed by atoms with Gasteiger partial charge in [-0.1, -0.05) is 35.5 Å². The molecule has 0 radical (unpaired) electrons. The minimum absolute atomic E-state index is 0.0554. The summed E-state index contributed by atoms with van der Waals surface area (Å²) in [5, 5.41) is 6.63. The minimum Gasteiger partial charge on any atom is -0.497 e. The van der Waals surface area contributed by atoms with Crippen molar-refractivity contribution >= 4 is 17.7 Å². The maximum Gasteiger partial charge on any atom is 0.246 e. The van der Waals surface area contributed by atoms with Gasteiger partial charge in [0.1, 0.15) is 5.75 Å². The van der Waals surface area contributed by atoms with Crippen LogP contribution in [0.3, 0.4) is 0 Å². The Kier molecular flexibility index (Phi) is 6.49. The molecule has 0 aliphatic carbocycles. The lowest BCUT2D eigenvalue weighted by Gasteiger charge is -2.10. The van der Waals surface area contributed by atoms with Crippen molar-refractivity contribution in [2.45, 2.75) is 24.5 Å².